The van der Waals surface area contributed by atoms with E-state index >= 15 is 0 Å². The van der Waals surface area contributed by atoms with E-state index in [9.17, 15) is 14.9 Å². The third-order valence-electron chi connectivity index (χ3n) is 5.39. The number of carbonyl (C=O) groups excluding carboxylic acids is 1. The molecule has 0 amide bonds. The van der Waals surface area contributed by atoms with Crippen molar-refractivity contribution in [3.63, 3.8) is 0 Å². The lowest BCUT2D eigenvalue weighted by atomic mass is 10.0. The van der Waals surface area contributed by atoms with Crippen LogP contribution in [-0.2, 0) is 11.3 Å². The van der Waals surface area contributed by atoms with Crippen LogP contribution in [0.1, 0.15) is 21.7 Å². The van der Waals surface area contributed by atoms with Gasteiger partial charge in [0.05, 0.1) is 41.9 Å². The van der Waals surface area contributed by atoms with E-state index in [0.717, 1.165) is 5.56 Å². The van der Waals surface area contributed by atoms with Gasteiger partial charge in [-0.1, -0.05) is 23.7 Å². The highest BCUT2D eigenvalue weighted by Gasteiger charge is 2.18. The van der Waals surface area contributed by atoms with E-state index in [4.69, 9.17) is 21.1 Å². The Balaban J connectivity index is 1.66. The van der Waals surface area contributed by atoms with Crippen LogP contribution in [0.4, 0.5) is 0 Å². The van der Waals surface area contributed by atoms with Crippen LogP contribution in [0.3, 0.4) is 0 Å². The second-order valence-electron chi connectivity index (χ2n) is 7.46. The molecule has 0 radical (unpaired) electrons. The van der Waals surface area contributed by atoms with Crippen molar-refractivity contribution in [2.24, 2.45) is 0 Å². The molecule has 0 fully saturated rings. The van der Waals surface area contributed by atoms with Gasteiger partial charge in [0.2, 0.25) is 0 Å². The quantitative estimate of drug-likeness (QED) is 0.232. The van der Waals surface area contributed by atoms with E-state index < -0.39 is 5.97 Å². The average Bonchev–Trinajstić information content (AvgIpc) is 2.86. The Morgan fingerprint density at radius 2 is 2.03 bits per heavy atom. The molecule has 176 valence electrons. The molecule has 0 spiro atoms. The van der Waals surface area contributed by atoms with Gasteiger partial charge in [-0.2, -0.15) is 5.26 Å². The third-order valence-corrected chi connectivity index (χ3v) is 6.78. The highest BCUT2D eigenvalue weighted by molar-refractivity contribution is 14.1. The molecule has 4 rings (SSSR count). The second-order valence-corrected chi connectivity index (χ2v) is 8.97. The van der Waals surface area contributed by atoms with E-state index in [2.05, 4.69) is 32.6 Å². The average molecular weight is 601 g/mol. The van der Waals surface area contributed by atoms with E-state index in [0.29, 0.717) is 36.8 Å². The van der Waals surface area contributed by atoms with Crippen LogP contribution in [0.2, 0.25) is 5.02 Å². The lowest BCUT2D eigenvalue weighted by Crippen LogP contribution is -2.27. The highest BCUT2D eigenvalue weighted by Crippen LogP contribution is 2.36. The third kappa shape index (κ3) is 4.85. The molecule has 35 heavy (non-hydrogen) atoms. The molecule has 4 aromatic rings. The first-order chi connectivity index (χ1) is 16.8. The molecule has 2 heterocycles. The number of halogens is 2. The van der Waals surface area contributed by atoms with Crippen LogP contribution in [0.25, 0.3) is 22.0 Å². The van der Waals surface area contributed by atoms with Crippen molar-refractivity contribution in [1.29, 1.82) is 5.26 Å². The van der Waals surface area contributed by atoms with Gasteiger partial charge in [-0.05, 0) is 59.3 Å². The number of aryl methyl sites for hydroxylation is 1. The van der Waals surface area contributed by atoms with E-state index in [1.54, 1.807) is 37.3 Å². The maximum atomic E-state index is 13.1. The Hall–Kier alpha value is -3.49. The molecular formula is C25H18ClIN4O4. The number of rotatable bonds is 6. The van der Waals surface area contributed by atoms with Crippen molar-refractivity contribution in [2.45, 2.75) is 13.5 Å². The number of aromatic nitrogens is 3. The summed E-state index contributed by atoms with van der Waals surface area (Å²) in [6.07, 6.45) is 2.82. The molecule has 2 aromatic heterocycles. The zero-order chi connectivity index (χ0) is 25.1. The molecule has 0 aliphatic carbocycles. The first-order valence-electron chi connectivity index (χ1n) is 10.4. The van der Waals surface area contributed by atoms with Gasteiger partial charge in [-0.25, -0.2) is 9.78 Å². The molecule has 0 saturated heterocycles. The minimum Gasteiger partial charge on any atom is -0.491 e. The fraction of sp³-hybridized carbons (Fsp3) is 0.160. The number of benzene rings is 2. The largest absolute Gasteiger partial charge is 0.491 e. The van der Waals surface area contributed by atoms with Gasteiger partial charge in [0.15, 0.2) is 0 Å². The van der Waals surface area contributed by atoms with Crippen LogP contribution < -0.4 is 10.3 Å². The van der Waals surface area contributed by atoms with Gasteiger partial charge in [-0.3, -0.25) is 14.3 Å². The monoisotopic (exact) mass is 600 g/mol. The molecular weight excluding hydrogens is 583 g/mol. The Labute approximate surface area is 219 Å². The van der Waals surface area contributed by atoms with Gasteiger partial charge in [0, 0.05) is 20.4 Å². The first kappa shape index (κ1) is 24.6. The summed E-state index contributed by atoms with van der Waals surface area (Å²) in [6.45, 7) is 2.08. The molecule has 0 atom stereocenters. The fourth-order valence-corrected chi connectivity index (χ4v) is 4.76. The summed E-state index contributed by atoms with van der Waals surface area (Å²) in [5.74, 6) is 0.585. The van der Waals surface area contributed by atoms with Crippen molar-refractivity contribution >= 4 is 51.1 Å². The number of nitrogens with zero attached hydrogens (tertiary/aromatic N) is 4. The Kier molecular flexibility index (Phi) is 7.33. The Morgan fingerprint density at radius 1 is 1.23 bits per heavy atom. The number of ether oxygens (including phenoxy) is 2. The number of nitriles is 1. The van der Waals surface area contributed by atoms with Crippen molar-refractivity contribution in [1.82, 2.24) is 14.5 Å². The lowest BCUT2D eigenvalue weighted by Gasteiger charge is -2.16. The van der Waals surface area contributed by atoms with E-state index in [1.165, 1.54) is 24.1 Å². The summed E-state index contributed by atoms with van der Waals surface area (Å²) in [4.78, 5) is 33.7. The summed E-state index contributed by atoms with van der Waals surface area (Å²) in [5, 5.41) is 10.1. The van der Waals surface area contributed by atoms with E-state index in [-0.39, 0.29) is 29.7 Å². The zero-order valence-electron chi connectivity index (χ0n) is 18.7. The van der Waals surface area contributed by atoms with Gasteiger partial charge < -0.3 is 9.47 Å². The smallest absolute Gasteiger partial charge is 0.338 e. The summed E-state index contributed by atoms with van der Waals surface area (Å²) < 4.78 is 13.1. The molecule has 8 nitrogen and oxygen atoms in total. The summed E-state index contributed by atoms with van der Waals surface area (Å²) >= 11 is 8.37. The SMILES string of the molecule is COC(=O)c1cccc(-c2cc(Cl)ccc2OCCn2c(C)nc3cncc(C#N)c3c2=O)c1I. The van der Waals surface area contributed by atoms with Crippen LogP contribution >= 0.6 is 34.2 Å². The highest BCUT2D eigenvalue weighted by atomic mass is 127. The minimum absolute atomic E-state index is 0.156. The molecule has 0 bridgehead atoms. The first-order valence-corrected chi connectivity index (χ1v) is 11.9. The second kappa shape index (κ2) is 10.4. The molecule has 0 N–H and O–H groups in total. The molecule has 0 aliphatic rings. The Bertz CT molecular complexity index is 1560. The summed E-state index contributed by atoms with van der Waals surface area (Å²) in [7, 11) is 1.33. The number of esters is 1. The van der Waals surface area contributed by atoms with Gasteiger partial charge in [-0.15, -0.1) is 0 Å². The minimum atomic E-state index is -0.439. The van der Waals surface area contributed by atoms with Gasteiger partial charge in [0.25, 0.3) is 5.56 Å². The number of hydrogen-bond acceptors (Lipinski definition) is 7. The number of methoxy groups -OCH3 is 1. The number of fused-ring (bicyclic) bond motifs is 1. The molecule has 0 saturated carbocycles. The molecule has 2 aromatic carbocycles. The maximum absolute atomic E-state index is 13.1. The maximum Gasteiger partial charge on any atom is 0.338 e. The molecule has 10 heteroatoms. The number of hydrogen-bond donors (Lipinski definition) is 0. The summed E-state index contributed by atoms with van der Waals surface area (Å²) in [5.41, 5.74) is 2.12. The van der Waals surface area contributed by atoms with Crippen molar-refractivity contribution < 1.29 is 14.3 Å². The van der Waals surface area contributed by atoms with Crippen molar-refractivity contribution in [3.05, 3.63) is 84.7 Å². The number of carbonyl (C=O) groups is 1. The van der Waals surface area contributed by atoms with Crippen molar-refractivity contribution in [3.8, 4) is 22.9 Å². The van der Waals surface area contributed by atoms with Crippen LogP contribution in [-0.4, -0.2) is 34.2 Å². The van der Waals surface area contributed by atoms with Gasteiger partial charge in [0.1, 0.15) is 24.3 Å². The predicted octanol–water partition coefficient (Wildman–Crippen LogP) is 4.76. The lowest BCUT2D eigenvalue weighted by molar-refractivity contribution is 0.0599. The van der Waals surface area contributed by atoms with Crippen LogP contribution in [0.5, 0.6) is 5.75 Å². The standard InChI is InChI=1S/C25H18ClIN4O4/c1-14-30-20-13-29-12-15(11-28)22(20)24(32)31(14)8-9-35-21-7-6-16(26)10-19(21)17-4-3-5-18(23(17)27)25(33)34-2/h3-7,10,12-13H,8-9H2,1-2H3. The predicted molar refractivity (Wildman–Crippen MR) is 140 cm³/mol. The topological polar surface area (TPSA) is 107 Å². The van der Waals surface area contributed by atoms with Crippen LogP contribution in [0, 0.1) is 21.8 Å². The molecule has 0 unspecified atom stereocenters. The zero-order valence-corrected chi connectivity index (χ0v) is 21.6. The van der Waals surface area contributed by atoms with E-state index in [1.807, 2.05) is 12.1 Å². The summed E-state index contributed by atoms with van der Waals surface area (Å²) in [6, 6.07) is 12.5. The Morgan fingerprint density at radius 3 is 2.77 bits per heavy atom. The molecule has 0 aliphatic heterocycles. The van der Waals surface area contributed by atoms with Crippen molar-refractivity contribution in [2.75, 3.05) is 13.7 Å². The number of pyridine rings is 1. The fourth-order valence-electron chi connectivity index (χ4n) is 3.72. The van der Waals surface area contributed by atoms with Crippen LogP contribution in [0.15, 0.2) is 53.6 Å². The van der Waals surface area contributed by atoms with Gasteiger partial charge >= 0.3 is 5.97 Å². The normalized spacial score (nSPS) is 10.7.